The number of hydrogen-bond acceptors (Lipinski definition) is 5. The van der Waals surface area contributed by atoms with Crippen molar-refractivity contribution < 1.29 is 29.5 Å². The quantitative estimate of drug-likeness (QED) is 0.0819. The van der Waals surface area contributed by atoms with Crippen LogP contribution in [0.15, 0.2) is 11.6 Å². The number of hydrogen-bond donors (Lipinski definition) is 1. The average Bonchev–Trinajstić information content (AvgIpc) is 2.71. The van der Waals surface area contributed by atoms with E-state index in [-0.39, 0.29) is 5.57 Å². The summed E-state index contributed by atoms with van der Waals surface area (Å²) in [7, 11) is 0. The zero-order valence-electron chi connectivity index (χ0n) is 21.1. The van der Waals surface area contributed by atoms with Gasteiger partial charge in [-0.3, -0.25) is 4.89 Å². The number of carbonyl (C=O) groups excluding carboxylic acids is 1. The van der Waals surface area contributed by atoms with Gasteiger partial charge in [-0.2, -0.15) is 4.89 Å². The lowest BCUT2D eigenvalue weighted by molar-refractivity contribution is -0.513. The Morgan fingerprint density at radius 3 is 1.50 bits per heavy atom. The number of rotatable bonds is 21. The smallest absolute Gasteiger partial charge is 0.372 e. The molecule has 0 aromatic rings. The number of carbonyl (C=O) groups is 2. The van der Waals surface area contributed by atoms with E-state index in [1.165, 1.54) is 83.5 Å². The first-order valence-corrected chi connectivity index (χ1v) is 12.8. The molecule has 0 saturated heterocycles. The van der Waals surface area contributed by atoms with Gasteiger partial charge in [-0.05, 0) is 38.7 Å². The summed E-state index contributed by atoms with van der Waals surface area (Å²) >= 11 is 0. The number of unbranched alkanes of at least 4 members (excludes halogenated alkanes) is 15. The van der Waals surface area contributed by atoms with Gasteiger partial charge in [0.2, 0.25) is 0 Å². The maximum absolute atomic E-state index is 12.0. The van der Waals surface area contributed by atoms with Gasteiger partial charge in [0.05, 0.1) is 5.60 Å². The van der Waals surface area contributed by atoms with Crippen molar-refractivity contribution in [3.05, 3.63) is 11.6 Å². The molecule has 0 rings (SSSR count). The second-order valence-electron chi connectivity index (χ2n) is 9.70. The maximum atomic E-state index is 12.0. The normalized spacial score (nSPS) is 12.2. The van der Waals surface area contributed by atoms with Crippen LogP contribution in [-0.4, -0.2) is 22.6 Å². The van der Waals surface area contributed by atoms with E-state index in [2.05, 4.69) is 16.8 Å². The zero-order chi connectivity index (χ0) is 24.1. The molecule has 0 atom stereocenters. The van der Waals surface area contributed by atoms with Gasteiger partial charge in [-0.1, -0.05) is 103 Å². The van der Waals surface area contributed by atoms with Gasteiger partial charge in [-0.25, -0.2) is 9.59 Å². The standard InChI is InChI=1S/C26H48O6/c1-5-6-7-8-9-10-11-12-13-14-15-16-17-18-19-20-21-23(22-24(27)28)25(29)30-32-31-26(2,3)4/h22H,5-21H2,1-4H3,(H,27,28). The number of carboxylic acids is 1. The molecule has 0 spiro atoms. The zero-order valence-corrected chi connectivity index (χ0v) is 21.1. The highest BCUT2D eigenvalue weighted by Crippen LogP contribution is 2.16. The first kappa shape index (κ1) is 30.6. The van der Waals surface area contributed by atoms with Crippen molar-refractivity contribution in [3.8, 4) is 0 Å². The fourth-order valence-corrected chi connectivity index (χ4v) is 3.45. The van der Waals surface area contributed by atoms with Crippen molar-refractivity contribution in [2.45, 2.75) is 142 Å². The fraction of sp³-hybridized carbons (Fsp3) is 0.846. The molecule has 0 radical (unpaired) electrons. The van der Waals surface area contributed by atoms with Gasteiger partial charge >= 0.3 is 11.9 Å². The Morgan fingerprint density at radius 1 is 0.719 bits per heavy atom. The molecule has 188 valence electrons. The van der Waals surface area contributed by atoms with Crippen LogP contribution in [0.2, 0.25) is 0 Å². The monoisotopic (exact) mass is 456 g/mol. The van der Waals surface area contributed by atoms with Gasteiger partial charge in [0.25, 0.3) is 0 Å². The van der Waals surface area contributed by atoms with E-state index < -0.39 is 17.5 Å². The van der Waals surface area contributed by atoms with Gasteiger partial charge in [0.1, 0.15) is 0 Å². The molecule has 0 saturated carbocycles. The molecule has 1 N–H and O–H groups in total. The Balaban J connectivity index is 3.70. The van der Waals surface area contributed by atoms with E-state index in [1.807, 2.05) is 0 Å². The highest BCUT2D eigenvalue weighted by Gasteiger charge is 2.17. The van der Waals surface area contributed by atoms with Crippen molar-refractivity contribution in [3.63, 3.8) is 0 Å². The van der Waals surface area contributed by atoms with E-state index in [9.17, 15) is 9.59 Å². The summed E-state index contributed by atoms with van der Waals surface area (Å²) in [4.78, 5) is 32.4. The molecule has 0 aromatic heterocycles. The minimum absolute atomic E-state index is 0.0837. The lowest BCUT2D eigenvalue weighted by Gasteiger charge is -2.15. The highest BCUT2D eigenvalue weighted by molar-refractivity contribution is 5.95. The first-order valence-electron chi connectivity index (χ1n) is 12.8. The Hall–Kier alpha value is -1.40. The van der Waals surface area contributed by atoms with Crippen LogP contribution < -0.4 is 0 Å². The van der Waals surface area contributed by atoms with Gasteiger partial charge in [-0.15, -0.1) is 0 Å². The first-order chi connectivity index (χ1) is 15.3. The summed E-state index contributed by atoms with van der Waals surface area (Å²) < 4.78 is 0. The van der Waals surface area contributed by atoms with E-state index in [4.69, 9.17) is 9.99 Å². The van der Waals surface area contributed by atoms with Crippen LogP contribution in [0, 0.1) is 0 Å². The SMILES string of the molecule is CCCCCCCCCCCCCCCCCCC(=CC(=O)O)C(=O)OOOC(C)(C)C. The number of carboxylic acid groups (broad SMARTS) is 1. The molecule has 0 fully saturated rings. The summed E-state index contributed by atoms with van der Waals surface area (Å²) in [6.07, 6.45) is 21.5. The molecule has 6 heteroatoms. The molecular formula is C26H48O6. The summed E-state index contributed by atoms with van der Waals surface area (Å²) in [5.41, 5.74) is -0.550. The third-order valence-electron chi connectivity index (χ3n) is 5.25. The van der Waals surface area contributed by atoms with Crippen molar-refractivity contribution in [1.82, 2.24) is 0 Å². The minimum Gasteiger partial charge on any atom is -0.478 e. The summed E-state index contributed by atoms with van der Waals surface area (Å²) in [6.45, 7) is 7.48. The summed E-state index contributed by atoms with van der Waals surface area (Å²) in [5.74, 6) is -2.00. The predicted octanol–water partition coefficient (Wildman–Crippen LogP) is 7.85. The van der Waals surface area contributed by atoms with E-state index in [0.717, 1.165) is 25.3 Å². The second-order valence-corrected chi connectivity index (χ2v) is 9.70. The van der Waals surface area contributed by atoms with Crippen molar-refractivity contribution >= 4 is 11.9 Å². The van der Waals surface area contributed by atoms with E-state index in [0.29, 0.717) is 6.42 Å². The van der Waals surface area contributed by atoms with Crippen LogP contribution >= 0.6 is 0 Å². The summed E-state index contributed by atoms with van der Waals surface area (Å²) in [6, 6.07) is 0. The van der Waals surface area contributed by atoms with E-state index >= 15 is 0 Å². The predicted molar refractivity (Wildman–Crippen MR) is 128 cm³/mol. The van der Waals surface area contributed by atoms with Crippen molar-refractivity contribution in [1.29, 1.82) is 0 Å². The maximum Gasteiger partial charge on any atom is 0.372 e. The fourth-order valence-electron chi connectivity index (χ4n) is 3.45. The molecule has 0 aliphatic carbocycles. The molecule has 32 heavy (non-hydrogen) atoms. The van der Waals surface area contributed by atoms with Crippen molar-refractivity contribution in [2.24, 2.45) is 0 Å². The highest BCUT2D eigenvalue weighted by atomic mass is 17.5. The second kappa shape index (κ2) is 20.2. The molecule has 0 aliphatic rings. The third-order valence-corrected chi connectivity index (χ3v) is 5.25. The Morgan fingerprint density at radius 2 is 1.12 bits per heavy atom. The van der Waals surface area contributed by atoms with Gasteiger partial charge in [0, 0.05) is 11.6 Å². The minimum atomic E-state index is -1.18. The third kappa shape index (κ3) is 21.8. The lowest BCUT2D eigenvalue weighted by atomic mass is 10.0. The molecular weight excluding hydrogens is 408 g/mol. The van der Waals surface area contributed by atoms with E-state index in [1.54, 1.807) is 20.8 Å². The Bertz CT molecular complexity index is 507. The molecule has 0 bridgehead atoms. The van der Waals surface area contributed by atoms with Crippen LogP contribution in [0.5, 0.6) is 0 Å². The van der Waals surface area contributed by atoms with Gasteiger partial charge < -0.3 is 5.11 Å². The average molecular weight is 457 g/mol. The van der Waals surface area contributed by atoms with Crippen LogP contribution in [0.3, 0.4) is 0 Å². The van der Waals surface area contributed by atoms with Crippen LogP contribution in [0.25, 0.3) is 0 Å². The summed E-state index contributed by atoms with van der Waals surface area (Å²) in [5, 5.41) is 13.4. The topological polar surface area (TPSA) is 82.1 Å². The largest absolute Gasteiger partial charge is 0.478 e. The van der Waals surface area contributed by atoms with Crippen molar-refractivity contribution in [2.75, 3.05) is 0 Å². The van der Waals surface area contributed by atoms with Crippen LogP contribution in [0.4, 0.5) is 0 Å². The Kier molecular flexibility index (Phi) is 19.3. The molecule has 0 aromatic carbocycles. The number of aliphatic carboxylic acids is 1. The lowest BCUT2D eigenvalue weighted by Crippen LogP contribution is -2.21. The Labute approximate surface area is 195 Å². The molecule has 0 aliphatic heterocycles. The molecule has 6 nitrogen and oxygen atoms in total. The molecule has 0 heterocycles. The molecule has 0 unspecified atom stereocenters. The van der Waals surface area contributed by atoms with Crippen LogP contribution in [-0.2, 0) is 24.4 Å². The van der Waals surface area contributed by atoms with Gasteiger partial charge in [0.15, 0.2) is 0 Å². The van der Waals surface area contributed by atoms with Crippen LogP contribution in [0.1, 0.15) is 137 Å². The molecule has 0 amide bonds.